The van der Waals surface area contributed by atoms with E-state index in [1.165, 1.54) is 18.2 Å². The van der Waals surface area contributed by atoms with E-state index in [1.807, 2.05) is 0 Å². The first kappa shape index (κ1) is 25.5. The van der Waals surface area contributed by atoms with Crippen LogP contribution in [0.2, 0.25) is 5.02 Å². The number of benzene rings is 3. The number of rotatable bonds is 6. The molecule has 2 amide bonds. The number of carbonyl (C=O) groups is 4. The summed E-state index contributed by atoms with van der Waals surface area (Å²) in [5, 5.41) is 10.6. The maximum Gasteiger partial charge on any atom is 0.416 e. The van der Waals surface area contributed by atoms with Crippen molar-refractivity contribution in [3.8, 4) is 0 Å². The van der Waals surface area contributed by atoms with Crippen molar-refractivity contribution in [2.45, 2.75) is 6.18 Å². The van der Waals surface area contributed by atoms with Crippen LogP contribution >= 0.6 is 11.6 Å². The van der Waals surface area contributed by atoms with Crippen LogP contribution < -0.4 is 4.90 Å². The summed E-state index contributed by atoms with van der Waals surface area (Å²) in [6.07, 6.45) is -4.75. The van der Waals surface area contributed by atoms with Gasteiger partial charge in [0.15, 0.2) is 6.61 Å². The average Bonchev–Trinajstić information content (AvgIpc) is 3.11. The van der Waals surface area contributed by atoms with E-state index in [0.717, 1.165) is 30.3 Å². The van der Waals surface area contributed by atoms with Gasteiger partial charge >= 0.3 is 12.1 Å². The number of non-ortho nitro benzene ring substituents is 1. The fraction of sp³-hybridized carbons (Fsp3) is 0.0833. The van der Waals surface area contributed by atoms with Crippen LogP contribution in [0.15, 0.2) is 60.7 Å². The van der Waals surface area contributed by atoms with Crippen molar-refractivity contribution >= 4 is 46.5 Å². The number of ketones is 1. The minimum atomic E-state index is -4.75. The minimum Gasteiger partial charge on any atom is -0.454 e. The number of nitrogens with zero attached hydrogens (tertiary/aromatic N) is 2. The summed E-state index contributed by atoms with van der Waals surface area (Å²) >= 11 is 5.97. The van der Waals surface area contributed by atoms with E-state index < -0.39 is 52.5 Å². The third-order valence-corrected chi connectivity index (χ3v) is 5.67. The summed E-state index contributed by atoms with van der Waals surface area (Å²) in [4.78, 5) is 61.1. The number of carbonyl (C=O) groups excluding carboxylic acids is 4. The highest BCUT2D eigenvalue weighted by atomic mass is 35.5. The van der Waals surface area contributed by atoms with Crippen LogP contribution in [-0.4, -0.2) is 35.1 Å². The fourth-order valence-corrected chi connectivity index (χ4v) is 3.74. The molecule has 0 aromatic heterocycles. The molecule has 3 aromatic carbocycles. The summed E-state index contributed by atoms with van der Waals surface area (Å²) < 4.78 is 44.4. The fourth-order valence-electron chi connectivity index (χ4n) is 3.54. The number of ether oxygens (including phenoxy) is 1. The second kappa shape index (κ2) is 9.47. The Labute approximate surface area is 210 Å². The predicted octanol–water partition coefficient (Wildman–Crippen LogP) is 5.11. The number of fused-ring (bicyclic) bond motifs is 1. The molecule has 4 rings (SSSR count). The van der Waals surface area contributed by atoms with Crippen LogP contribution in [0.3, 0.4) is 0 Å². The first-order valence-electron chi connectivity index (χ1n) is 10.2. The van der Waals surface area contributed by atoms with Gasteiger partial charge in [-0.05, 0) is 36.4 Å². The van der Waals surface area contributed by atoms with Gasteiger partial charge in [0.1, 0.15) is 0 Å². The summed E-state index contributed by atoms with van der Waals surface area (Å²) in [7, 11) is 0. The molecule has 37 heavy (non-hydrogen) atoms. The predicted molar refractivity (Wildman–Crippen MR) is 122 cm³/mol. The molecule has 188 valence electrons. The maximum atomic E-state index is 13.1. The second-order valence-corrected chi connectivity index (χ2v) is 8.08. The lowest BCUT2D eigenvalue weighted by atomic mass is 10.1. The van der Waals surface area contributed by atoms with Crippen molar-refractivity contribution in [2.24, 2.45) is 0 Å². The van der Waals surface area contributed by atoms with Crippen molar-refractivity contribution in [1.29, 1.82) is 0 Å². The molecular weight excluding hydrogens is 521 g/mol. The molecule has 13 heteroatoms. The number of anilines is 1. The molecule has 0 aliphatic carbocycles. The van der Waals surface area contributed by atoms with Gasteiger partial charge < -0.3 is 4.74 Å². The number of hydrogen-bond acceptors (Lipinski definition) is 7. The lowest BCUT2D eigenvalue weighted by molar-refractivity contribution is -0.384. The highest BCUT2D eigenvalue weighted by Gasteiger charge is 2.40. The zero-order chi connectivity index (χ0) is 27.1. The van der Waals surface area contributed by atoms with Gasteiger partial charge in [-0.3, -0.25) is 24.5 Å². The van der Waals surface area contributed by atoms with E-state index in [0.29, 0.717) is 17.0 Å². The molecule has 0 bridgehead atoms. The maximum absolute atomic E-state index is 13.1. The van der Waals surface area contributed by atoms with E-state index in [-0.39, 0.29) is 33.0 Å². The zero-order valence-corrected chi connectivity index (χ0v) is 19.0. The van der Waals surface area contributed by atoms with Crippen molar-refractivity contribution in [1.82, 2.24) is 0 Å². The van der Waals surface area contributed by atoms with Crippen LogP contribution in [0.25, 0.3) is 0 Å². The number of imide groups is 1. The van der Waals surface area contributed by atoms with Gasteiger partial charge in [0.25, 0.3) is 17.5 Å². The molecule has 0 unspecified atom stereocenters. The molecule has 0 saturated heterocycles. The molecule has 0 atom stereocenters. The van der Waals surface area contributed by atoms with Gasteiger partial charge in [-0.2, -0.15) is 13.2 Å². The van der Waals surface area contributed by atoms with E-state index in [2.05, 4.69) is 0 Å². The number of alkyl halides is 3. The molecule has 3 aromatic rings. The van der Waals surface area contributed by atoms with Crippen LogP contribution in [0.1, 0.15) is 47.0 Å². The smallest absolute Gasteiger partial charge is 0.416 e. The van der Waals surface area contributed by atoms with E-state index in [1.54, 1.807) is 0 Å². The molecule has 0 N–H and O–H groups in total. The van der Waals surface area contributed by atoms with Crippen molar-refractivity contribution in [3.63, 3.8) is 0 Å². The van der Waals surface area contributed by atoms with Gasteiger partial charge in [-0.25, -0.2) is 9.69 Å². The first-order valence-corrected chi connectivity index (χ1v) is 10.6. The number of esters is 1. The van der Waals surface area contributed by atoms with Crippen molar-refractivity contribution < 1.29 is 42.0 Å². The topological polar surface area (TPSA) is 124 Å². The Bertz CT molecular complexity index is 1500. The van der Waals surface area contributed by atoms with Gasteiger partial charge in [-0.15, -0.1) is 0 Å². The molecular formula is C24H12ClF3N2O7. The number of nitro groups is 1. The number of halogens is 4. The van der Waals surface area contributed by atoms with E-state index in [4.69, 9.17) is 16.3 Å². The van der Waals surface area contributed by atoms with E-state index >= 15 is 0 Å². The Morgan fingerprint density at radius 1 is 0.946 bits per heavy atom. The molecule has 1 aliphatic heterocycles. The first-order chi connectivity index (χ1) is 17.4. The Hall–Kier alpha value is -4.58. The summed E-state index contributed by atoms with van der Waals surface area (Å²) in [5.41, 5.74) is -2.67. The second-order valence-electron chi connectivity index (χ2n) is 7.68. The number of hydrogen-bond donors (Lipinski definition) is 0. The monoisotopic (exact) mass is 532 g/mol. The van der Waals surface area contributed by atoms with E-state index in [9.17, 15) is 42.5 Å². The molecule has 0 radical (unpaired) electrons. The van der Waals surface area contributed by atoms with Gasteiger partial charge in [0.05, 0.1) is 37.9 Å². The van der Waals surface area contributed by atoms with Crippen molar-refractivity contribution in [2.75, 3.05) is 11.5 Å². The highest BCUT2D eigenvalue weighted by Crippen LogP contribution is 2.38. The third-order valence-electron chi connectivity index (χ3n) is 5.35. The van der Waals surface area contributed by atoms with Crippen LogP contribution in [0.4, 0.5) is 24.5 Å². The number of Topliss-reactive ketones (excluding diaryl/α,β-unsaturated/α-hetero) is 1. The molecule has 0 saturated carbocycles. The minimum absolute atomic E-state index is 0.0645. The van der Waals surface area contributed by atoms with Crippen LogP contribution in [0, 0.1) is 10.1 Å². The molecule has 0 spiro atoms. The number of nitro benzene ring substituents is 1. The van der Waals surface area contributed by atoms with Crippen LogP contribution in [0.5, 0.6) is 0 Å². The summed E-state index contributed by atoms with van der Waals surface area (Å²) in [6, 6.07) is 10.2. The van der Waals surface area contributed by atoms with Gasteiger partial charge in [0.2, 0.25) is 5.78 Å². The Balaban J connectivity index is 1.54. The standard InChI is InChI=1S/C24H12ClF3N2O7/c25-18-7-5-14(24(26,27)28)10-19(18)29-21(32)16-6-4-13(9-17(16)22(29)33)23(34)37-11-20(31)12-2-1-3-15(8-12)30(35)36/h1-10H,11H2. The van der Waals surface area contributed by atoms with Crippen LogP contribution in [-0.2, 0) is 10.9 Å². The van der Waals surface area contributed by atoms with Gasteiger partial charge in [-0.1, -0.05) is 23.7 Å². The largest absolute Gasteiger partial charge is 0.454 e. The SMILES string of the molecule is O=C(COC(=O)c1ccc2c(c1)C(=O)N(c1cc(C(F)(F)F)ccc1Cl)C2=O)c1cccc([N+](=O)[O-])c1. The average molecular weight is 533 g/mol. The van der Waals surface area contributed by atoms with Crippen molar-refractivity contribution in [3.05, 3.63) is 104 Å². The lowest BCUT2D eigenvalue weighted by Gasteiger charge is -2.17. The Morgan fingerprint density at radius 2 is 1.65 bits per heavy atom. The molecule has 0 fully saturated rings. The third kappa shape index (κ3) is 4.91. The summed E-state index contributed by atoms with van der Waals surface area (Å²) in [6.45, 7) is -0.768. The quantitative estimate of drug-likeness (QED) is 0.142. The molecule has 9 nitrogen and oxygen atoms in total. The molecule has 1 aliphatic rings. The Morgan fingerprint density at radius 3 is 2.32 bits per heavy atom. The lowest BCUT2D eigenvalue weighted by Crippen LogP contribution is -2.30. The molecule has 1 heterocycles. The zero-order valence-electron chi connectivity index (χ0n) is 18.2. The normalized spacial score (nSPS) is 12.9. The van der Waals surface area contributed by atoms with Gasteiger partial charge in [0, 0.05) is 17.7 Å². The summed E-state index contributed by atoms with van der Waals surface area (Å²) in [5.74, 6) is -3.72. The highest BCUT2D eigenvalue weighted by molar-refractivity contribution is 6.40. The number of amides is 2. The Kier molecular flexibility index (Phi) is 6.53.